The van der Waals surface area contributed by atoms with Crippen LogP contribution in [-0.2, 0) is 19.9 Å². The molecule has 5 rings (SSSR count). The fourth-order valence-electron chi connectivity index (χ4n) is 6.27. The van der Waals surface area contributed by atoms with Crippen molar-refractivity contribution in [3.63, 3.8) is 0 Å². The van der Waals surface area contributed by atoms with Crippen LogP contribution >= 0.6 is 0 Å². The molecule has 2 aromatic carbocycles. The molecular formula is C30H33NO7. The van der Waals surface area contributed by atoms with E-state index >= 15 is 0 Å². The first-order valence-corrected chi connectivity index (χ1v) is 12.6. The zero-order chi connectivity index (χ0) is 27.1. The third-order valence-corrected chi connectivity index (χ3v) is 7.85. The van der Waals surface area contributed by atoms with Gasteiger partial charge in [-0.15, -0.1) is 0 Å². The zero-order valence-corrected chi connectivity index (χ0v) is 22.0. The minimum Gasteiger partial charge on any atom is -0.497 e. The molecule has 1 aliphatic carbocycles. The number of allylic oxidation sites excluding steroid dienone is 2. The third kappa shape index (κ3) is 3.55. The average Bonchev–Trinajstić information content (AvgIpc) is 3.22. The van der Waals surface area contributed by atoms with Crippen LogP contribution in [0.5, 0.6) is 17.2 Å². The lowest BCUT2D eigenvalue weighted by atomic mass is 9.70. The molecule has 200 valence electrons. The first-order chi connectivity index (χ1) is 18.4. The molecule has 38 heavy (non-hydrogen) atoms. The number of hydrogen-bond donors (Lipinski definition) is 2. The third-order valence-electron chi connectivity index (χ3n) is 7.85. The summed E-state index contributed by atoms with van der Waals surface area (Å²) in [5, 5.41) is 16.0. The molecule has 1 amide bonds. The van der Waals surface area contributed by atoms with Crippen molar-refractivity contribution in [1.29, 1.82) is 0 Å². The van der Waals surface area contributed by atoms with Crippen LogP contribution in [0.1, 0.15) is 24.0 Å². The number of rotatable bonds is 7. The first kappa shape index (κ1) is 25.9. The summed E-state index contributed by atoms with van der Waals surface area (Å²) >= 11 is 0. The molecule has 0 radical (unpaired) electrons. The predicted octanol–water partition coefficient (Wildman–Crippen LogP) is 3.61. The van der Waals surface area contributed by atoms with Gasteiger partial charge in [0.15, 0.2) is 11.2 Å². The Bertz CT molecular complexity index is 1300. The molecule has 8 heteroatoms. The number of aliphatic hydroxyl groups is 1. The Balaban J connectivity index is 1.84. The van der Waals surface area contributed by atoms with Crippen molar-refractivity contribution in [2.24, 2.45) is 5.92 Å². The van der Waals surface area contributed by atoms with Crippen LogP contribution in [0.3, 0.4) is 0 Å². The fourth-order valence-corrected chi connectivity index (χ4v) is 6.27. The van der Waals surface area contributed by atoms with E-state index in [1.54, 1.807) is 38.5 Å². The Morgan fingerprint density at radius 3 is 2.58 bits per heavy atom. The van der Waals surface area contributed by atoms with Crippen molar-refractivity contribution in [2.45, 2.75) is 30.1 Å². The topological polar surface area (TPSA) is 95.5 Å². The summed E-state index contributed by atoms with van der Waals surface area (Å²) in [6, 6.07) is 13.0. The largest absolute Gasteiger partial charge is 0.497 e. The van der Waals surface area contributed by atoms with E-state index in [9.17, 15) is 9.90 Å². The first-order valence-electron chi connectivity index (χ1n) is 12.6. The van der Waals surface area contributed by atoms with E-state index in [1.807, 2.05) is 43.3 Å². The Labute approximate surface area is 222 Å². The van der Waals surface area contributed by atoms with Crippen molar-refractivity contribution in [3.05, 3.63) is 89.7 Å². The van der Waals surface area contributed by atoms with Gasteiger partial charge in [-0.05, 0) is 30.2 Å². The molecule has 2 heterocycles. The Kier molecular flexibility index (Phi) is 6.71. The summed E-state index contributed by atoms with van der Waals surface area (Å²) in [7, 11) is 4.65. The molecule has 0 aromatic heterocycles. The van der Waals surface area contributed by atoms with E-state index in [1.165, 1.54) is 7.11 Å². The Morgan fingerprint density at radius 2 is 1.92 bits per heavy atom. The van der Waals surface area contributed by atoms with Gasteiger partial charge >= 0.3 is 0 Å². The number of carbonyl (C=O) groups is 1. The van der Waals surface area contributed by atoms with Crippen molar-refractivity contribution < 1.29 is 33.6 Å². The second-order valence-corrected chi connectivity index (χ2v) is 9.56. The predicted molar refractivity (Wildman–Crippen MR) is 141 cm³/mol. The lowest BCUT2D eigenvalue weighted by Crippen LogP contribution is -2.55. The van der Waals surface area contributed by atoms with Crippen LogP contribution < -0.4 is 19.5 Å². The van der Waals surface area contributed by atoms with E-state index in [0.29, 0.717) is 40.7 Å². The van der Waals surface area contributed by atoms with Gasteiger partial charge in [0, 0.05) is 24.6 Å². The Morgan fingerprint density at radius 1 is 1.16 bits per heavy atom. The summed E-state index contributed by atoms with van der Waals surface area (Å²) in [6.45, 7) is 6.83. The molecular weight excluding hydrogens is 486 g/mol. The highest BCUT2D eigenvalue weighted by molar-refractivity contribution is 5.84. The van der Waals surface area contributed by atoms with Crippen molar-refractivity contribution >= 4 is 5.91 Å². The highest BCUT2D eigenvalue weighted by Gasteiger charge is 2.79. The van der Waals surface area contributed by atoms with Crippen LogP contribution in [0.15, 0.2) is 78.6 Å². The highest BCUT2D eigenvalue weighted by atomic mass is 16.6. The van der Waals surface area contributed by atoms with Crippen molar-refractivity contribution in [2.75, 3.05) is 34.5 Å². The number of benzene rings is 2. The normalized spacial score (nSPS) is 30.0. The molecule has 2 fully saturated rings. The SMILES string of the molecule is C=C(/C=C\C(=C/C)OC)[C@@]12Oc3cc(OC)cc(OC)c3[C@@]1(O)C1OCCNC(=O)C1[C@H]2c1ccccc1. The van der Waals surface area contributed by atoms with Gasteiger partial charge in [0.25, 0.3) is 0 Å². The van der Waals surface area contributed by atoms with Crippen LogP contribution in [0.25, 0.3) is 0 Å². The molecule has 0 bridgehead atoms. The van der Waals surface area contributed by atoms with Gasteiger partial charge < -0.3 is 34.1 Å². The van der Waals surface area contributed by atoms with Gasteiger partial charge in [-0.25, -0.2) is 0 Å². The monoisotopic (exact) mass is 519 g/mol. The molecule has 8 nitrogen and oxygen atoms in total. The van der Waals surface area contributed by atoms with E-state index in [-0.39, 0.29) is 12.5 Å². The van der Waals surface area contributed by atoms with E-state index in [4.69, 9.17) is 23.7 Å². The van der Waals surface area contributed by atoms with E-state index in [2.05, 4.69) is 11.9 Å². The second kappa shape index (κ2) is 9.85. The number of nitrogens with one attached hydrogen (secondary N) is 1. The fraction of sp³-hybridized carbons (Fsp3) is 0.367. The lowest BCUT2D eigenvalue weighted by Gasteiger charge is -2.41. The molecule has 5 atom stereocenters. The zero-order valence-electron chi connectivity index (χ0n) is 22.0. The summed E-state index contributed by atoms with van der Waals surface area (Å²) in [5.41, 5.74) is -1.70. The minimum absolute atomic E-state index is 0.219. The van der Waals surface area contributed by atoms with Crippen LogP contribution in [0, 0.1) is 5.92 Å². The Hall–Kier alpha value is -3.75. The van der Waals surface area contributed by atoms with Crippen LogP contribution in [-0.4, -0.2) is 57.2 Å². The van der Waals surface area contributed by atoms with Gasteiger partial charge in [0.05, 0.1) is 39.4 Å². The number of methoxy groups -OCH3 is 3. The van der Waals surface area contributed by atoms with Gasteiger partial charge in [-0.3, -0.25) is 4.79 Å². The standard InChI is InChI=1S/C30H33NO7/c1-6-20(34-3)13-12-18(2)30-25(19-10-8-7-9-11-19)24-27(37-15-14-31-28(24)32)29(30,33)26-22(36-5)16-21(35-4)17-23(26)38-30/h6-13,16-17,24-25,27,33H,2,14-15H2,1,3-5H3,(H,31,32)/b13-12-,20-6+/t24?,25-,27?,29-,30+/m1/s1. The maximum atomic E-state index is 13.7. The maximum absolute atomic E-state index is 13.7. The average molecular weight is 520 g/mol. The molecule has 1 saturated heterocycles. The van der Waals surface area contributed by atoms with E-state index < -0.39 is 29.1 Å². The summed E-state index contributed by atoms with van der Waals surface area (Å²) in [5.74, 6) is 0.203. The quantitative estimate of drug-likeness (QED) is 0.426. The van der Waals surface area contributed by atoms with Gasteiger partial charge in [-0.1, -0.05) is 43.0 Å². The number of carbonyl (C=O) groups excluding carboxylic acids is 1. The van der Waals surface area contributed by atoms with Gasteiger partial charge in [0.2, 0.25) is 5.91 Å². The number of hydrogen-bond acceptors (Lipinski definition) is 7. The number of amides is 1. The molecule has 0 spiro atoms. The number of ether oxygens (including phenoxy) is 5. The molecule has 3 aliphatic rings. The van der Waals surface area contributed by atoms with Crippen molar-refractivity contribution in [3.8, 4) is 17.2 Å². The molecule has 1 saturated carbocycles. The maximum Gasteiger partial charge on any atom is 0.226 e. The second-order valence-electron chi connectivity index (χ2n) is 9.56. The summed E-state index contributed by atoms with van der Waals surface area (Å²) in [4.78, 5) is 13.7. The smallest absolute Gasteiger partial charge is 0.226 e. The van der Waals surface area contributed by atoms with Crippen LogP contribution in [0.4, 0.5) is 0 Å². The highest BCUT2D eigenvalue weighted by Crippen LogP contribution is 2.69. The van der Waals surface area contributed by atoms with Gasteiger partial charge in [-0.2, -0.15) is 0 Å². The van der Waals surface area contributed by atoms with Crippen molar-refractivity contribution in [1.82, 2.24) is 5.32 Å². The number of fused-ring (bicyclic) bond motifs is 5. The molecule has 2 N–H and O–H groups in total. The summed E-state index contributed by atoms with van der Waals surface area (Å²) < 4.78 is 29.8. The molecule has 2 unspecified atom stereocenters. The molecule has 2 aliphatic heterocycles. The van der Waals surface area contributed by atoms with Crippen LogP contribution in [0.2, 0.25) is 0 Å². The lowest BCUT2D eigenvalue weighted by molar-refractivity contribution is -0.151. The molecule has 2 aromatic rings. The summed E-state index contributed by atoms with van der Waals surface area (Å²) in [6.07, 6.45) is 4.39. The minimum atomic E-state index is -1.84. The van der Waals surface area contributed by atoms with E-state index in [0.717, 1.165) is 5.56 Å². The van der Waals surface area contributed by atoms with Gasteiger partial charge in [0.1, 0.15) is 29.1 Å².